The molecule has 3 aromatic carbocycles. The van der Waals surface area contributed by atoms with Crippen LogP contribution < -0.4 is 18.5 Å². The van der Waals surface area contributed by atoms with E-state index < -0.39 is 25.9 Å². The number of benzene rings is 3. The highest BCUT2D eigenvalue weighted by atomic mass is 32.2. The molecule has 180 valence electrons. The molecule has 0 bridgehead atoms. The lowest BCUT2D eigenvalue weighted by Gasteiger charge is -2.31. The van der Waals surface area contributed by atoms with Crippen LogP contribution in [0, 0.1) is 5.82 Å². The second-order valence-corrected chi connectivity index (χ2v) is 11.1. The van der Waals surface area contributed by atoms with Crippen LogP contribution in [0.15, 0.2) is 70.5 Å². The van der Waals surface area contributed by atoms with E-state index in [1.54, 1.807) is 18.2 Å². The van der Waals surface area contributed by atoms with Gasteiger partial charge in [0.05, 0.1) is 30.5 Å². The summed E-state index contributed by atoms with van der Waals surface area (Å²) in [6.07, 6.45) is 1.24. The maximum absolute atomic E-state index is 13.3. The summed E-state index contributed by atoms with van der Waals surface area (Å²) in [5, 5.41) is 0. The van der Waals surface area contributed by atoms with Gasteiger partial charge in [0.15, 0.2) is 0 Å². The highest BCUT2D eigenvalue weighted by Gasteiger charge is 2.30. The van der Waals surface area contributed by atoms with Crippen molar-refractivity contribution in [1.82, 2.24) is 0 Å². The van der Waals surface area contributed by atoms with Crippen LogP contribution in [0.3, 0.4) is 0 Å². The van der Waals surface area contributed by atoms with Crippen molar-refractivity contribution in [3.63, 3.8) is 0 Å². The summed E-state index contributed by atoms with van der Waals surface area (Å²) in [6.45, 7) is 0.215. The van der Waals surface area contributed by atoms with E-state index in [2.05, 4.69) is 4.72 Å². The predicted molar refractivity (Wildman–Crippen MR) is 126 cm³/mol. The van der Waals surface area contributed by atoms with Crippen LogP contribution >= 0.6 is 0 Å². The number of hydrogen-bond acceptors (Lipinski definition) is 6. The Morgan fingerprint density at radius 2 is 1.65 bits per heavy atom. The van der Waals surface area contributed by atoms with Crippen molar-refractivity contribution in [1.29, 1.82) is 0 Å². The van der Waals surface area contributed by atoms with Crippen LogP contribution in [0.5, 0.6) is 11.5 Å². The Balaban J connectivity index is 1.72. The average molecular weight is 507 g/mol. The van der Waals surface area contributed by atoms with Crippen LogP contribution in [-0.2, 0) is 26.5 Å². The molecule has 1 aliphatic heterocycles. The van der Waals surface area contributed by atoms with Crippen molar-refractivity contribution in [2.75, 3.05) is 29.8 Å². The van der Waals surface area contributed by atoms with E-state index in [4.69, 9.17) is 9.47 Å². The Morgan fingerprint density at radius 1 is 0.912 bits per heavy atom. The third kappa shape index (κ3) is 4.53. The van der Waals surface area contributed by atoms with Gasteiger partial charge in [0.1, 0.15) is 22.2 Å². The normalized spacial score (nSPS) is 13.8. The standard InChI is InChI=1S/C23H23FN2O6S2/c1-31-19-9-12-22(32-2)23(15-19)33(27,28)25-18-8-5-16-4-3-13-26(21(16)14-18)34(29,30)20-10-6-17(24)7-11-20/h5-12,14-15,25H,3-4,13H2,1-2H3. The molecule has 8 nitrogen and oxygen atoms in total. The fourth-order valence-electron chi connectivity index (χ4n) is 3.79. The lowest BCUT2D eigenvalue weighted by molar-refractivity contribution is 0.392. The first-order valence-corrected chi connectivity index (χ1v) is 13.2. The molecule has 3 aromatic rings. The number of methoxy groups -OCH3 is 2. The maximum atomic E-state index is 13.3. The molecule has 0 unspecified atom stereocenters. The fourth-order valence-corrected chi connectivity index (χ4v) is 6.56. The Kier molecular flexibility index (Phi) is 6.41. The topological polar surface area (TPSA) is 102 Å². The van der Waals surface area contributed by atoms with Crippen molar-refractivity contribution in [3.8, 4) is 11.5 Å². The summed E-state index contributed by atoms with van der Waals surface area (Å²) in [7, 11) is -5.28. The van der Waals surface area contributed by atoms with Gasteiger partial charge in [0.2, 0.25) is 0 Å². The summed E-state index contributed by atoms with van der Waals surface area (Å²) >= 11 is 0. The van der Waals surface area contributed by atoms with E-state index in [-0.39, 0.29) is 27.8 Å². The van der Waals surface area contributed by atoms with E-state index in [0.29, 0.717) is 24.3 Å². The molecule has 0 radical (unpaired) electrons. The van der Waals surface area contributed by atoms with Gasteiger partial charge >= 0.3 is 0 Å². The number of nitrogens with zero attached hydrogens (tertiary/aromatic N) is 1. The molecule has 1 aliphatic rings. The molecule has 0 spiro atoms. The zero-order chi connectivity index (χ0) is 24.5. The first kappa shape index (κ1) is 23.8. The summed E-state index contributed by atoms with van der Waals surface area (Å²) in [5.41, 5.74) is 1.32. The van der Waals surface area contributed by atoms with E-state index in [1.165, 1.54) is 48.9 Å². The molecule has 0 fully saturated rings. The van der Waals surface area contributed by atoms with Gasteiger partial charge in [-0.3, -0.25) is 9.03 Å². The molecular formula is C23H23FN2O6S2. The number of halogens is 1. The van der Waals surface area contributed by atoms with Gasteiger partial charge in [-0.05, 0) is 66.9 Å². The van der Waals surface area contributed by atoms with Gasteiger partial charge in [-0.25, -0.2) is 21.2 Å². The third-order valence-electron chi connectivity index (χ3n) is 5.48. The second kappa shape index (κ2) is 9.15. The highest BCUT2D eigenvalue weighted by Crippen LogP contribution is 2.36. The number of hydrogen-bond donors (Lipinski definition) is 1. The van der Waals surface area contributed by atoms with Crippen LogP contribution in [0.2, 0.25) is 0 Å². The first-order valence-electron chi connectivity index (χ1n) is 10.3. The zero-order valence-corrected chi connectivity index (χ0v) is 20.1. The van der Waals surface area contributed by atoms with Crippen molar-refractivity contribution in [2.24, 2.45) is 0 Å². The van der Waals surface area contributed by atoms with Crippen LogP contribution in [-0.4, -0.2) is 37.6 Å². The Bertz CT molecular complexity index is 1420. The largest absolute Gasteiger partial charge is 0.497 e. The molecule has 34 heavy (non-hydrogen) atoms. The minimum absolute atomic E-state index is 0.0474. The van der Waals surface area contributed by atoms with Crippen LogP contribution in [0.4, 0.5) is 15.8 Å². The SMILES string of the molecule is COc1ccc(OC)c(S(=O)(=O)Nc2ccc3c(c2)N(S(=O)(=O)c2ccc(F)cc2)CCC3)c1. The maximum Gasteiger partial charge on any atom is 0.265 e. The Labute approximate surface area is 198 Å². The first-order chi connectivity index (χ1) is 16.2. The number of rotatable bonds is 7. The minimum Gasteiger partial charge on any atom is -0.497 e. The molecule has 0 aliphatic carbocycles. The molecule has 11 heteroatoms. The lowest BCUT2D eigenvalue weighted by Crippen LogP contribution is -2.35. The van der Waals surface area contributed by atoms with Crippen LogP contribution in [0.1, 0.15) is 12.0 Å². The number of aryl methyl sites for hydroxylation is 1. The Morgan fingerprint density at radius 3 is 2.32 bits per heavy atom. The number of anilines is 2. The van der Waals surface area contributed by atoms with Crippen molar-refractivity contribution < 1.29 is 30.7 Å². The van der Waals surface area contributed by atoms with Crippen molar-refractivity contribution in [3.05, 3.63) is 72.0 Å². The summed E-state index contributed by atoms with van der Waals surface area (Å²) in [4.78, 5) is -0.170. The summed E-state index contributed by atoms with van der Waals surface area (Å²) in [6, 6.07) is 13.8. The van der Waals surface area contributed by atoms with Crippen molar-refractivity contribution >= 4 is 31.4 Å². The third-order valence-corrected chi connectivity index (χ3v) is 8.71. The predicted octanol–water partition coefficient (Wildman–Crippen LogP) is 3.79. The molecule has 0 saturated heterocycles. The quantitative estimate of drug-likeness (QED) is 0.523. The summed E-state index contributed by atoms with van der Waals surface area (Å²) in [5.74, 6) is -0.0717. The van der Waals surface area contributed by atoms with Gasteiger partial charge in [-0.1, -0.05) is 6.07 Å². The van der Waals surface area contributed by atoms with E-state index in [0.717, 1.165) is 17.7 Å². The molecule has 0 aromatic heterocycles. The second-order valence-electron chi connectivity index (χ2n) is 7.60. The smallest absolute Gasteiger partial charge is 0.265 e. The molecule has 1 heterocycles. The monoisotopic (exact) mass is 506 g/mol. The molecule has 0 saturated carbocycles. The highest BCUT2D eigenvalue weighted by molar-refractivity contribution is 7.93. The summed E-state index contributed by atoms with van der Waals surface area (Å²) < 4.78 is 80.2. The number of sulfonamides is 2. The lowest BCUT2D eigenvalue weighted by atomic mass is 10.0. The number of fused-ring (bicyclic) bond motifs is 1. The van der Waals surface area contributed by atoms with E-state index >= 15 is 0 Å². The van der Waals surface area contributed by atoms with Gasteiger partial charge in [-0.15, -0.1) is 0 Å². The molecule has 4 rings (SSSR count). The van der Waals surface area contributed by atoms with Crippen molar-refractivity contribution in [2.45, 2.75) is 22.6 Å². The van der Waals surface area contributed by atoms with Crippen LogP contribution in [0.25, 0.3) is 0 Å². The average Bonchev–Trinajstić information content (AvgIpc) is 2.83. The van der Waals surface area contributed by atoms with E-state index in [1.807, 2.05) is 0 Å². The Hall–Kier alpha value is -3.31. The van der Waals surface area contributed by atoms with Gasteiger partial charge < -0.3 is 9.47 Å². The number of nitrogens with one attached hydrogen (secondary N) is 1. The minimum atomic E-state index is -4.09. The van der Waals surface area contributed by atoms with Gasteiger partial charge in [0.25, 0.3) is 20.0 Å². The number of ether oxygens (including phenoxy) is 2. The molecule has 0 atom stereocenters. The molecule has 1 N–H and O–H groups in total. The van der Waals surface area contributed by atoms with Gasteiger partial charge in [-0.2, -0.15) is 0 Å². The fraction of sp³-hybridized carbons (Fsp3) is 0.217. The molecular weight excluding hydrogens is 483 g/mol. The zero-order valence-electron chi connectivity index (χ0n) is 18.5. The molecule has 0 amide bonds. The van der Waals surface area contributed by atoms with Gasteiger partial charge in [0, 0.05) is 12.6 Å². The van der Waals surface area contributed by atoms with E-state index in [9.17, 15) is 21.2 Å².